The van der Waals surface area contributed by atoms with E-state index in [0.29, 0.717) is 30.3 Å². The molecule has 26 heavy (non-hydrogen) atoms. The summed E-state index contributed by atoms with van der Waals surface area (Å²) in [6, 6.07) is 2.69. The maximum absolute atomic E-state index is 12.9. The summed E-state index contributed by atoms with van der Waals surface area (Å²) in [5.74, 6) is 0.518. The first-order chi connectivity index (χ1) is 11.9. The van der Waals surface area contributed by atoms with Gasteiger partial charge < -0.3 is 16.0 Å². The van der Waals surface area contributed by atoms with Crippen LogP contribution in [-0.4, -0.2) is 48.6 Å². The van der Waals surface area contributed by atoms with Gasteiger partial charge in [0, 0.05) is 37.6 Å². The minimum Gasteiger partial charge on any atom is -0.368 e. The maximum atomic E-state index is 12.9. The van der Waals surface area contributed by atoms with Crippen LogP contribution in [0.25, 0.3) is 0 Å². The van der Waals surface area contributed by atoms with E-state index in [1.165, 1.54) is 18.7 Å². The molecule has 2 unspecified atom stereocenters. The minimum absolute atomic E-state index is 0. The molecule has 1 saturated carbocycles. The summed E-state index contributed by atoms with van der Waals surface area (Å²) in [5.41, 5.74) is -0.758. The third-order valence-electron chi connectivity index (χ3n) is 4.11. The number of nitrogens with one attached hydrogen (secondary N) is 3. The van der Waals surface area contributed by atoms with Gasteiger partial charge in [-0.3, -0.25) is 4.99 Å². The first-order valence-corrected chi connectivity index (χ1v) is 9.49. The van der Waals surface area contributed by atoms with E-state index in [4.69, 9.17) is 0 Å². The molecule has 1 fully saturated rings. The number of aromatic nitrogens is 1. The number of guanidine groups is 1. The monoisotopic (exact) mass is 503 g/mol. The van der Waals surface area contributed by atoms with Crippen molar-refractivity contribution in [2.45, 2.75) is 36.7 Å². The average molecular weight is 503 g/mol. The highest BCUT2D eigenvalue weighted by atomic mass is 127. The molecule has 0 aliphatic heterocycles. The van der Waals surface area contributed by atoms with Crippen molar-refractivity contribution in [2.75, 3.05) is 31.7 Å². The Morgan fingerprint density at radius 1 is 1.35 bits per heavy atom. The second-order valence-electron chi connectivity index (χ2n) is 5.84. The molecule has 2 rings (SSSR count). The van der Waals surface area contributed by atoms with E-state index in [1.54, 1.807) is 7.05 Å². The number of thioether (sulfide) groups is 1. The highest BCUT2D eigenvalue weighted by Gasteiger charge is 2.33. The number of halogens is 4. The lowest BCUT2D eigenvalue weighted by Crippen LogP contribution is -2.44. The highest BCUT2D eigenvalue weighted by Crippen LogP contribution is 2.33. The van der Waals surface area contributed by atoms with Gasteiger partial charge in [0.2, 0.25) is 0 Å². The number of pyridine rings is 1. The van der Waals surface area contributed by atoms with Crippen LogP contribution < -0.4 is 16.0 Å². The summed E-state index contributed by atoms with van der Waals surface area (Å²) < 4.78 is 38.7. The lowest BCUT2D eigenvalue weighted by atomic mass is 10.2. The molecular weight excluding hydrogens is 478 g/mol. The van der Waals surface area contributed by atoms with E-state index in [1.807, 2.05) is 11.8 Å². The molecule has 148 valence electrons. The number of aliphatic imine (C=N–C) groups is 1. The molecule has 0 radical (unpaired) electrons. The minimum atomic E-state index is -4.42. The van der Waals surface area contributed by atoms with Crippen LogP contribution >= 0.6 is 35.7 Å². The Bertz CT molecular complexity index is 585. The van der Waals surface area contributed by atoms with E-state index in [9.17, 15) is 13.2 Å². The molecule has 1 aromatic rings. The normalized spacial score (nSPS) is 20.4. The fraction of sp³-hybridized carbons (Fsp3) is 0.625. The van der Waals surface area contributed by atoms with E-state index < -0.39 is 11.7 Å². The number of alkyl halides is 3. The van der Waals surface area contributed by atoms with Crippen LogP contribution in [0.3, 0.4) is 0 Å². The van der Waals surface area contributed by atoms with E-state index in [0.717, 1.165) is 18.9 Å². The fourth-order valence-electron chi connectivity index (χ4n) is 2.81. The lowest BCUT2D eigenvalue weighted by Gasteiger charge is -2.18. The fourth-order valence-corrected chi connectivity index (χ4v) is 3.61. The molecule has 0 saturated heterocycles. The van der Waals surface area contributed by atoms with Crippen molar-refractivity contribution in [2.24, 2.45) is 4.99 Å². The maximum Gasteiger partial charge on any atom is 0.419 e. The zero-order valence-corrected chi connectivity index (χ0v) is 17.9. The summed E-state index contributed by atoms with van der Waals surface area (Å²) >= 11 is 1.88. The van der Waals surface area contributed by atoms with Crippen molar-refractivity contribution in [3.8, 4) is 0 Å². The quantitative estimate of drug-likeness (QED) is 0.240. The van der Waals surface area contributed by atoms with Gasteiger partial charge in [-0.2, -0.15) is 24.9 Å². The van der Waals surface area contributed by atoms with Crippen molar-refractivity contribution in [3.63, 3.8) is 0 Å². The molecule has 0 spiro atoms. The van der Waals surface area contributed by atoms with Crippen LogP contribution in [0.1, 0.15) is 24.8 Å². The van der Waals surface area contributed by atoms with Gasteiger partial charge in [-0.25, -0.2) is 4.98 Å². The number of nitrogens with zero attached hydrogens (tertiary/aromatic N) is 2. The Labute approximate surface area is 173 Å². The van der Waals surface area contributed by atoms with Crippen LogP contribution in [0, 0.1) is 0 Å². The van der Waals surface area contributed by atoms with Gasteiger partial charge in [0.1, 0.15) is 5.82 Å². The highest BCUT2D eigenvalue weighted by molar-refractivity contribution is 14.0. The Hall–Kier alpha value is -0.910. The zero-order chi connectivity index (χ0) is 18.3. The van der Waals surface area contributed by atoms with Crippen molar-refractivity contribution in [1.29, 1.82) is 0 Å². The summed E-state index contributed by atoms with van der Waals surface area (Å²) in [4.78, 5) is 7.94. The first-order valence-electron chi connectivity index (χ1n) is 8.20. The summed E-state index contributed by atoms with van der Waals surface area (Å²) in [5, 5.41) is 9.90. The molecule has 1 aromatic heterocycles. The van der Waals surface area contributed by atoms with Crippen LogP contribution in [0.2, 0.25) is 0 Å². The van der Waals surface area contributed by atoms with Gasteiger partial charge >= 0.3 is 6.18 Å². The van der Waals surface area contributed by atoms with Gasteiger partial charge in [-0.15, -0.1) is 24.0 Å². The largest absolute Gasteiger partial charge is 0.419 e. The summed E-state index contributed by atoms with van der Waals surface area (Å²) in [6.07, 6.45) is 2.44. The molecule has 0 bridgehead atoms. The van der Waals surface area contributed by atoms with E-state index >= 15 is 0 Å². The summed E-state index contributed by atoms with van der Waals surface area (Å²) in [7, 11) is 1.68. The number of hydrogen-bond donors (Lipinski definition) is 3. The van der Waals surface area contributed by atoms with Crippen molar-refractivity contribution in [1.82, 2.24) is 15.6 Å². The average Bonchev–Trinajstić information content (AvgIpc) is 3.04. The Morgan fingerprint density at radius 2 is 2.12 bits per heavy atom. The first kappa shape index (κ1) is 23.1. The number of anilines is 1. The van der Waals surface area contributed by atoms with Crippen LogP contribution in [0.5, 0.6) is 0 Å². The SMILES string of the molecule is CN=C(NCCNc1ncccc1C(F)(F)F)NC1CCC(SC)C1.I. The number of rotatable bonds is 6. The van der Waals surface area contributed by atoms with Gasteiger partial charge in [0.25, 0.3) is 0 Å². The Balaban J connectivity index is 0.00000338. The molecule has 0 aromatic carbocycles. The smallest absolute Gasteiger partial charge is 0.368 e. The predicted molar refractivity (Wildman–Crippen MR) is 113 cm³/mol. The third kappa shape index (κ3) is 7.01. The predicted octanol–water partition coefficient (Wildman–Crippen LogP) is 3.58. The Morgan fingerprint density at radius 3 is 2.73 bits per heavy atom. The zero-order valence-electron chi connectivity index (χ0n) is 14.8. The molecule has 0 amide bonds. The van der Waals surface area contributed by atoms with Crippen LogP contribution in [-0.2, 0) is 6.18 Å². The van der Waals surface area contributed by atoms with Crippen molar-refractivity contribution < 1.29 is 13.2 Å². The third-order valence-corrected chi connectivity index (χ3v) is 5.20. The molecule has 10 heteroatoms. The van der Waals surface area contributed by atoms with Gasteiger partial charge in [0.15, 0.2) is 5.96 Å². The van der Waals surface area contributed by atoms with Crippen LogP contribution in [0.4, 0.5) is 19.0 Å². The summed E-state index contributed by atoms with van der Waals surface area (Å²) in [6.45, 7) is 0.741. The van der Waals surface area contributed by atoms with E-state index in [-0.39, 0.29) is 29.8 Å². The van der Waals surface area contributed by atoms with Gasteiger partial charge in [-0.1, -0.05) is 0 Å². The van der Waals surface area contributed by atoms with Crippen molar-refractivity contribution >= 4 is 47.5 Å². The molecule has 3 N–H and O–H groups in total. The topological polar surface area (TPSA) is 61.3 Å². The lowest BCUT2D eigenvalue weighted by molar-refractivity contribution is -0.137. The second-order valence-corrected chi connectivity index (χ2v) is 6.97. The molecule has 5 nitrogen and oxygen atoms in total. The molecule has 1 aliphatic carbocycles. The number of hydrogen-bond acceptors (Lipinski definition) is 4. The van der Waals surface area contributed by atoms with Gasteiger partial charge in [-0.05, 0) is 37.7 Å². The Kier molecular flexibility index (Phi) is 9.83. The standard InChI is InChI=1S/C16H24F3N5S.HI/c1-20-15(24-11-5-6-12(10-11)25-2)23-9-8-22-14-13(16(17,18)19)4-3-7-21-14;/h3-4,7,11-12H,5-6,8-10H2,1-2H3,(H,21,22)(H2,20,23,24);1H. The molecule has 2 atom stereocenters. The second kappa shape index (κ2) is 11.1. The van der Waals surface area contributed by atoms with E-state index in [2.05, 4.69) is 32.2 Å². The van der Waals surface area contributed by atoms with Crippen LogP contribution in [0.15, 0.2) is 23.3 Å². The molecule has 1 aliphatic rings. The van der Waals surface area contributed by atoms with Crippen molar-refractivity contribution in [3.05, 3.63) is 23.9 Å². The molecular formula is C16H25F3IN5S. The molecule has 1 heterocycles. The van der Waals surface area contributed by atoms with Gasteiger partial charge in [0.05, 0.1) is 5.56 Å².